The summed E-state index contributed by atoms with van der Waals surface area (Å²) in [5.74, 6) is -0.231. The van der Waals surface area contributed by atoms with Crippen molar-refractivity contribution in [3.8, 4) is 0 Å². The standard InChI is InChI=1S/C17H28N4O3S/c1-20(2)16-9-8-14(25(23,24)21(3)4)11-15(16)19-17(22)12-6-5-7-13(18)10-12/h8-9,11-13H,5-7,10,18H2,1-4H3,(H,19,22). The van der Waals surface area contributed by atoms with Gasteiger partial charge in [-0.1, -0.05) is 6.42 Å². The van der Waals surface area contributed by atoms with Crippen molar-refractivity contribution in [2.24, 2.45) is 11.7 Å². The molecular weight excluding hydrogens is 340 g/mol. The smallest absolute Gasteiger partial charge is 0.242 e. The molecule has 1 saturated carbocycles. The van der Waals surface area contributed by atoms with Gasteiger partial charge in [0, 0.05) is 40.2 Å². The van der Waals surface area contributed by atoms with Crippen molar-refractivity contribution >= 4 is 27.3 Å². The number of nitrogens with one attached hydrogen (secondary N) is 1. The molecular formula is C17H28N4O3S. The van der Waals surface area contributed by atoms with Crippen LogP contribution in [0.4, 0.5) is 11.4 Å². The Hall–Kier alpha value is -1.64. The van der Waals surface area contributed by atoms with Crippen LogP contribution in [-0.4, -0.2) is 52.9 Å². The molecule has 0 heterocycles. The van der Waals surface area contributed by atoms with Gasteiger partial charge in [0.05, 0.1) is 16.3 Å². The van der Waals surface area contributed by atoms with E-state index in [0.717, 1.165) is 29.3 Å². The third-order valence-electron chi connectivity index (χ3n) is 4.57. The number of sulfonamides is 1. The SMILES string of the molecule is CN(C)c1ccc(S(=O)(=O)N(C)C)cc1NC(=O)C1CCCC(N)C1. The van der Waals surface area contributed by atoms with Crippen LogP contribution in [0.2, 0.25) is 0 Å². The first-order valence-electron chi connectivity index (χ1n) is 8.43. The first-order valence-corrected chi connectivity index (χ1v) is 9.87. The fourth-order valence-corrected chi connectivity index (χ4v) is 4.01. The second kappa shape index (κ2) is 7.72. The largest absolute Gasteiger partial charge is 0.376 e. The van der Waals surface area contributed by atoms with E-state index in [4.69, 9.17) is 5.73 Å². The second-order valence-corrected chi connectivity index (χ2v) is 9.13. The summed E-state index contributed by atoms with van der Waals surface area (Å²) in [4.78, 5) is 14.6. The van der Waals surface area contributed by atoms with Crippen LogP contribution in [0.1, 0.15) is 25.7 Å². The Morgan fingerprint density at radius 3 is 2.44 bits per heavy atom. The summed E-state index contributed by atoms with van der Waals surface area (Å²) in [6, 6.07) is 4.83. The van der Waals surface area contributed by atoms with Crippen LogP contribution in [0, 0.1) is 5.92 Å². The van der Waals surface area contributed by atoms with E-state index in [0.29, 0.717) is 12.1 Å². The van der Waals surface area contributed by atoms with E-state index < -0.39 is 10.0 Å². The Balaban J connectivity index is 2.32. The van der Waals surface area contributed by atoms with Gasteiger partial charge in [0.1, 0.15) is 0 Å². The van der Waals surface area contributed by atoms with Gasteiger partial charge in [-0.15, -0.1) is 0 Å². The number of hydrogen-bond acceptors (Lipinski definition) is 5. The Kier molecular flexibility index (Phi) is 6.08. The highest BCUT2D eigenvalue weighted by Crippen LogP contribution is 2.31. The molecule has 8 heteroatoms. The Labute approximate surface area is 150 Å². The maximum atomic E-state index is 12.6. The van der Waals surface area contributed by atoms with Crippen molar-refractivity contribution in [2.45, 2.75) is 36.6 Å². The van der Waals surface area contributed by atoms with Crippen molar-refractivity contribution in [2.75, 3.05) is 38.4 Å². The van der Waals surface area contributed by atoms with Gasteiger partial charge in [-0.3, -0.25) is 4.79 Å². The molecule has 140 valence electrons. The van der Waals surface area contributed by atoms with Crippen LogP contribution >= 0.6 is 0 Å². The summed E-state index contributed by atoms with van der Waals surface area (Å²) in [6.45, 7) is 0. The lowest BCUT2D eigenvalue weighted by Crippen LogP contribution is -2.34. The molecule has 2 rings (SSSR count). The fourth-order valence-electron chi connectivity index (χ4n) is 3.08. The highest BCUT2D eigenvalue weighted by molar-refractivity contribution is 7.89. The zero-order valence-electron chi connectivity index (χ0n) is 15.3. The maximum absolute atomic E-state index is 12.6. The summed E-state index contributed by atoms with van der Waals surface area (Å²) in [5.41, 5.74) is 7.23. The molecule has 2 unspecified atom stereocenters. The summed E-state index contributed by atoms with van der Waals surface area (Å²) in [6.07, 6.45) is 3.36. The van der Waals surface area contributed by atoms with E-state index in [2.05, 4.69) is 5.32 Å². The molecule has 3 N–H and O–H groups in total. The average molecular weight is 369 g/mol. The van der Waals surface area contributed by atoms with Crippen molar-refractivity contribution in [1.82, 2.24) is 4.31 Å². The maximum Gasteiger partial charge on any atom is 0.242 e. The number of carbonyl (C=O) groups excluding carboxylic acids is 1. The van der Waals surface area contributed by atoms with Crippen molar-refractivity contribution in [1.29, 1.82) is 0 Å². The Morgan fingerprint density at radius 2 is 1.88 bits per heavy atom. The van der Waals surface area contributed by atoms with E-state index in [-0.39, 0.29) is 22.8 Å². The number of rotatable bonds is 5. The Bertz CT molecular complexity index is 731. The van der Waals surface area contributed by atoms with Gasteiger partial charge in [-0.2, -0.15) is 0 Å². The number of benzene rings is 1. The third kappa shape index (κ3) is 4.50. The number of hydrogen-bond donors (Lipinski definition) is 2. The van der Waals surface area contributed by atoms with Gasteiger partial charge >= 0.3 is 0 Å². The van der Waals surface area contributed by atoms with Gasteiger partial charge < -0.3 is 16.0 Å². The lowest BCUT2D eigenvalue weighted by molar-refractivity contribution is -0.120. The van der Waals surface area contributed by atoms with E-state index in [1.807, 2.05) is 19.0 Å². The molecule has 0 saturated heterocycles. The van der Waals surface area contributed by atoms with Crippen molar-refractivity contribution in [3.05, 3.63) is 18.2 Å². The fraction of sp³-hybridized carbons (Fsp3) is 0.588. The minimum atomic E-state index is -3.57. The van der Waals surface area contributed by atoms with Gasteiger partial charge in [0.2, 0.25) is 15.9 Å². The normalized spacial score (nSPS) is 21.2. The Morgan fingerprint density at radius 1 is 1.20 bits per heavy atom. The highest BCUT2D eigenvalue weighted by Gasteiger charge is 2.27. The second-order valence-electron chi connectivity index (χ2n) is 6.97. The quantitative estimate of drug-likeness (QED) is 0.820. The summed E-state index contributed by atoms with van der Waals surface area (Å²) in [7, 11) is 3.10. The predicted molar refractivity (Wildman–Crippen MR) is 100 cm³/mol. The molecule has 1 aromatic rings. The number of amides is 1. The molecule has 1 amide bonds. The van der Waals surface area contributed by atoms with Crippen molar-refractivity contribution in [3.63, 3.8) is 0 Å². The molecule has 0 bridgehead atoms. The third-order valence-corrected chi connectivity index (χ3v) is 6.38. The number of nitrogens with zero attached hydrogens (tertiary/aromatic N) is 2. The first-order chi connectivity index (χ1) is 11.6. The average Bonchev–Trinajstić information content (AvgIpc) is 2.54. The van der Waals surface area contributed by atoms with Crippen LogP contribution in [0.5, 0.6) is 0 Å². The topological polar surface area (TPSA) is 95.7 Å². The molecule has 1 aliphatic rings. The molecule has 0 aromatic heterocycles. The van der Waals surface area contributed by atoms with E-state index >= 15 is 0 Å². The van der Waals surface area contributed by atoms with Gasteiger partial charge in [0.25, 0.3) is 0 Å². The van der Waals surface area contributed by atoms with Crippen LogP contribution in [0.25, 0.3) is 0 Å². The molecule has 7 nitrogen and oxygen atoms in total. The van der Waals surface area contributed by atoms with Crippen LogP contribution in [0.3, 0.4) is 0 Å². The van der Waals surface area contributed by atoms with Gasteiger partial charge in [-0.05, 0) is 37.5 Å². The summed E-state index contributed by atoms with van der Waals surface area (Å²) < 4.78 is 25.9. The first kappa shape index (κ1) is 19.7. The van der Waals surface area contributed by atoms with Crippen LogP contribution in [0.15, 0.2) is 23.1 Å². The van der Waals surface area contributed by atoms with E-state index in [1.165, 1.54) is 20.2 Å². The molecule has 0 aliphatic heterocycles. The summed E-state index contributed by atoms with van der Waals surface area (Å²) >= 11 is 0. The van der Waals surface area contributed by atoms with Crippen molar-refractivity contribution < 1.29 is 13.2 Å². The van der Waals surface area contributed by atoms with Crippen LogP contribution in [-0.2, 0) is 14.8 Å². The zero-order valence-corrected chi connectivity index (χ0v) is 16.1. The predicted octanol–water partition coefficient (Wildman–Crippen LogP) is 1.46. The highest BCUT2D eigenvalue weighted by atomic mass is 32.2. The molecule has 0 spiro atoms. The number of carbonyl (C=O) groups is 1. The zero-order chi connectivity index (χ0) is 18.8. The number of nitrogens with two attached hydrogens (primary N) is 1. The molecule has 25 heavy (non-hydrogen) atoms. The number of anilines is 2. The van der Waals surface area contributed by atoms with E-state index in [9.17, 15) is 13.2 Å². The molecule has 2 atom stereocenters. The molecule has 0 radical (unpaired) electrons. The monoisotopic (exact) mass is 368 g/mol. The lowest BCUT2D eigenvalue weighted by Gasteiger charge is -2.27. The lowest BCUT2D eigenvalue weighted by atomic mass is 9.85. The summed E-state index contributed by atoms with van der Waals surface area (Å²) in [5, 5.41) is 2.91. The van der Waals surface area contributed by atoms with Crippen LogP contribution < -0.4 is 16.0 Å². The minimum absolute atomic E-state index is 0.0540. The molecule has 1 fully saturated rings. The van der Waals surface area contributed by atoms with Gasteiger partial charge in [-0.25, -0.2) is 12.7 Å². The molecule has 1 aliphatic carbocycles. The minimum Gasteiger partial charge on any atom is -0.376 e. The van der Waals surface area contributed by atoms with Gasteiger partial charge in [0.15, 0.2) is 0 Å². The van der Waals surface area contributed by atoms with E-state index in [1.54, 1.807) is 12.1 Å². The molecule has 1 aromatic carbocycles.